The number of hydrogen-bond donors (Lipinski definition) is 0. The van der Waals surface area contributed by atoms with Gasteiger partial charge in [-0.3, -0.25) is 9.78 Å². The number of carbonyl (C=O) groups excluding carboxylic acids is 1. The number of amides is 1. The van der Waals surface area contributed by atoms with E-state index in [-0.39, 0.29) is 36.0 Å². The number of aromatic nitrogens is 1. The maximum atomic E-state index is 12.8. The van der Waals surface area contributed by atoms with Crippen molar-refractivity contribution in [3.63, 3.8) is 0 Å². The van der Waals surface area contributed by atoms with Crippen molar-refractivity contribution >= 4 is 38.2 Å². The minimum absolute atomic E-state index is 0.0247. The molecule has 3 rings (SSSR count). The number of rotatable bonds is 6. The van der Waals surface area contributed by atoms with Crippen LogP contribution in [0, 0.1) is 5.92 Å². The molecule has 1 aliphatic rings. The van der Waals surface area contributed by atoms with Gasteiger partial charge in [-0.15, -0.1) is 0 Å². The van der Waals surface area contributed by atoms with Crippen molar-refractivity contribution in [2.24, 2.45) is 5.92 Å². The normalized spacial score (nSPS) is 18.7. The van der Waals surface area contributed by atoms with E-state index in [2.05, 4.69) is 4.98 Å². The summed E-state index contributed by atoms with van der Waals surface area (Å²) in [5, 5.41) is 1.32. The molecule has 0 aliphatic carbocycles. The van der Waals surface area contributed by atoms with Gasteiger partial charge in [-0.05, 0) is 36.6 Å². The quantitative estimate of drug-likeness (QED) is 0.731. The molecule has 1 fully saturated rings. The molecule has 0 saturated carbocycles. The van der Waals surface area contributed by atoms with Gasteiger partial charge in [0.15, 0.2) is 16.4 Å². The van der Waals surface area contributed by atoms with E-state index in [0.29, 0.717) is 29.3 Å². The Kier molecular flexibility index (Phi) is 5.91. The fourth-order valence-electron chi connectivity index (χ4n) is 3.32. The molecule has 0 radical (unpaired) electrons. The van der Waals surface area contributed by atoms with Crippen molar-refractivity contribution in [3.05, 3.63) is 35.5 Å². The molecule has 146 valence electrons. The highest BCUT2D eigenvalue weighted by Gasteiger charge is 2.35. The molecule has 2 aromatic rings. The highest BCUT2D eigenvalue weighted by atomic mass is 35.5. The first-order valence-electron chi connectivity index (χ1n) is 8.93. The molecule has 1 aromatic heterocycles. The van der Waals surface area contributed by atoms with E-state index in [1.54, 1.807) is 29.3 Å². The number of nitrogens with zero attached hydrogens (tertiary/aromatic N) is 2. The zero-order chi connectivity index (χ0) is 19.6. The topological polar surface area (TPSA) is 76.6 Å². The van der Waals surface area contributed by atoms with Gasteiger partial charge in [0.2, 0.25) is 0 Å². The third kappa shape index (κ3) is 4.71. The van der Waals surface area contributed by atoms with Crippen molar-refractivity contribution in [3.8, 4) is 5.75 Å². The van der Waals surface area contributed by atoms with Crippen LogP contribution in [0.4, 0.5) is 0 Å². The van der Waals surface area contributed by atoms with Crippen LogP contribution in [0.3, 0.4) is 0 Å². The fraction of sp³-hybridized carbons (Fsp3) is 0.474. The van der Waals surface area contributed by atoms with E-state index in [9.17, 15) is 13.2 Å². The number of ether oxygens (including phenoxy) is 1. The van der Waals surface area contributed by atoms with Gasteiger partial charge in [0, 0.05) is 24.2 Å². The lowest BCUT2D eigenvalue weighted by molar-refractivity contribution is -0.135. The molecule has 0 bridgehead atoms. The number of sulfone groups is 1. The molecule has 2 heterocycles. The van der Waals surface area contributed by atoms with Crippen molar-refractivity contribution in [1.29, 1.82) is 0 Å². The third-order valence-electron chi connectivity index (χ3n) is 4.56. The van der Waals surface area contributed by atoms with E-state index in [1.807, 2.05) is 19.9 Å². The van der Waals surface area contributed by atoms with Gasteiger partial charge >= 0.3 is 0 Å². The van der Waals surface area contributed by atoms with Crippen LogP contribution >= 0.6 is 11.6 Å². The van der Waals surface area contributed by atoms with Gasteiger partial charge in [0.25, 0.3) is 5.91 Å². The van der Waals surface area contributed by atoms with Gasteiger partial charge in [-0.25, -0.2) is 8.42 Å². The molecule has 1 saturated heterocycles. The summed E-state index contributed by atoms with van der Waals surface area (Å²) < 4.78 is 29.4. The van der Waals surface area contributed by atoms with Gasteiger partial charge < -0.3 is 9.64 Å². The maximum absolute atomic E-state index is 12.8. The van der Waals surface area contributed by atoms with Crippen molar-refractivity contribution in [2.75, 3.05) is 24.7 Å². The van der Waals surface area contributed by atoms with Gasteiger partial charge in [-0.2, -0.15) is 0 Å². The standard InChI is InChI=1S/C19H23ClN2O4S/c1-13(2)10-22(14-7-9-27(24,25)12-14)18(23)11-26-17-6-5-16(20)15-4-3-8-21-19(15)17/h3-6,8,13-14H,7,9-12H2,1-2H3/t14-/m0/s1. The summed E-state index contributed by atoms with van der Waals surface area (Å²) in [6.45, 7) is 4.33. The van der Waals surface area contributed by atoms with Gasteiger partial charge in [0.1, 0.15) is 11.3 Å². The molecule has 1 aliphatic heterocycles. The molecular weight excluding hydrogens is 388 g/mol. The Morgan fingerprint density at radius 2 is 2.15 bits per heavy atom. The first-order valence-corrected chi connectivity index (χ1v) is 11.1. The van der Waals surface area contributed by atoms with Crippen molar-refractivity contribution in [2.45, 2.75) is 26.3 Å². The van der Waals surface area contributed by atoms with Crippen LogP contribution in [0.1, 0.15) is 20.3 Å². The van der Waals surface area contributed by atoms with Crippen molar-refractivity contribution in [1.82, 2.24) is 9.88 Å². The third-order valence-corrected chi connectivity index (χ3v) is 6.64. The highest BCUT2D eigenvalue weighted by Crippen LogP contribution is 2.29. The Hall–Kier alpha value is -1.86. The Labute approximate surface area is 164 Å². The predicted molar refractivity (Wildman–Crippen MR) is 106 cm³/mol. The number of fused-ring (bicyclic) bond motifs is 1. The Morgan fingerprint density at radius 1 is 1.37 bits per heavy atom. The summed E-state index contributed by atoms with van der Waals surface area (Å²) in [4.78, 5) is 18.8. The van der Waals surface area contributed by atoms with E-state index >= 15 is 0 Å². The zero-order valence-electron chi connectivity index (χ0n) is 15.4. The first kappa shape index (κ1) is 19.9. The number of pyridine rings is 1. The highest BCUT2D eigenvalue weighted by molar-refractivity contribution is 7.91. The lowest BCUT2D eigenvalue weighted by atomic mass is 10.1. The average Bonchev–Trinajstić information content (AvgIpc) is 2.98. The molecule has 6 nitrogen and oxygen atoms in total. The summed E-state index contributed by atoms with van der Waals surface area (Å²) in [5.74, 6) is 0.648. The van der Waals surface area contributed by atoms with E-state index < -0.39 is 9.84 Å². The van der Waals surface area contributed by atoms with Crippen LogP contribution in [0.25, 0.3) is 10.9 Å². The fourth-order valence-corrected chi connectivity index (χ4v) is 5.27. The molecule has 1 amide bonds. The number of carbonyl (C=O) groups is 1. The minimum atomic E-state index is -3.07. The number of benzene rings is 1. The molecule has 1 atom stereocenters. The molecule has 27 heavy (non-hydrogen) atoms. The second kappa shape index (κ2) is 8.02. The molecule has 0 unspecified atom stereocenters. The van der Waals surface area contributed by atoms with Crippen LogP contribution in [0.2, 0.25) is 5.02 Å². The van der Waals surface area contributed by atoms with Crippen LogP contribution in [0.5, 0.6) is 5.75 Å². The van der Waals surface area contributed by atoms with E-state index in [4.69, 9.17) is 16.3 Å². The van der Waals surface area contributed by atoms with Crippen LogP contribution < -0.4 is 4.74 Å². The Morgan fingerprint density at radius 3 is 2.81 bits per heavy atom. The first-order chi connectivity index (χ1) is 12.8. The van der Waals surface area contributed by atoms with Gasteiger partial charge in [-0.1, -0.05) is 25.4 Å². The van der Waals surface area contributed by atoms with E-state index in [0.717, 1.165) is 5.39 Å². The lowest BCUT2D eigenvalue weighted by Crippen LogP contribution is -2.45. The van der Waals surface area contributed by atoms with Crippen LogP contribution in [-0.4, -0.2) is 54.9 Å². The Bertz CT molecular complexity index is 946. The molecule has 0 spiro atoms. The van der Waals surface area contributed by atoms with Gasteiger partial charge in [0.05, 0.1) is 16.5 Å². The molecular formula is C19H23ClN2O4S. The van der Waals surface area contributed by atoms with Crippen molar-refractivity contribution < 1.29 is 17.9 Å². The largest absolute Gasteiger partial charge is 0.481 e. The molecule has 0 N–H and O–H groups in total. The van der Waals surface area contributed by atoms with Crippen LogP contribution in [-0.2, 0) is 14.6 Å². The van der Waals surface area contributed by atoms with E-state index in [1.165, 1.54) is 0 Å². The summed E-state index contributed by atoms with van der Waals surface area (Å²) >= 11 is 6.18. The minimum Gasteiger partial charge on any atom is -0.481 e. The average molecular weight is 411 g/mol. The summed E-state index contributed by atoms with van der Waals surface area (Å²) in [7, 11) is -3.07. The summed E-state index contributed by atoms with van der Waals surface area (Å²) in [5.41, 5.74) is 0.594. The monoisotopic (exact) mass is 410 g/mol. The molecule has 8 heteroatoms. The SMILES string of the molecule is CC(C)CN(C(=O)COc1ccc(Cl)c2cccnc12)[C@H]1CCS(=O)(=O)C1. The second-order valence-electron chi connectivity index (χ2n) is 7.23. The Balaban J connectivity index is 1.76. The smallest absolute Gasteiger partial charge is 0.260 e. The summed E-state index contributed by atoms with van der Waals surface area (Å²) in [6.07, 6.45) is 2.12. The number of hydrogen-bond acceptors (Lipinski definition) is 5. The molecule has 1 aromatic carbocycles. The maximum Gasteiger partial charge on any atom is 0.260 e. The zero-order valence-corrected chi connectivity index (χ0v) is 17.0. The number of halogens is 1. The summed E-state index contributed by atoms with van der Waals surface area (Å²) in [6, 6.07) is 6.74. The second-order valence-corrected chi connectivity index (χ2v) is 9.87. The van der Waals surface area contributed by atoms with Crippen LogP contribution in [0.15, 0.2) is 30.5 Å². The predicted octanol–water partition coefficient (Wildman–Crippen LogP) is 2.94. The lowest BCUT2D eigenvalue weighted by Gasteiger charge is -2.30.